The minimum Gasteiger partial charge on any atom is -0.436 e. The van der Waals surface area contributed by atoms with Crippen LogP contribution < -0.4 is 10.6 Å². The zero-order valence-corrected chi connectivity index (χ0v) is 19.3. The summed E-state index contributed by atoms with van der Waals surface area (Å²) in [6.45, 7) is 1.52. The van der Waals surface area contributed by atoms with Crippen molar-refractivity contribution in [2.45, 2.75) is 6.92 Å². The third-order valence-corrected chi connectivity index (χ3v) is 5.84. The number of amides is 1. The zero-order valence-electron chi connectivity index (χ0n) is 18.4. The molecule has 5 aromatic rings. The molecule has 0 aliphatic carbocycles. The fraction of sp³-hybridized carbons (Fsp3) is 0.0385. The van der Waals surface area contributed by atoms with Gasteiger partial charge in [-0.3, -0.25) is 20.2 Å². The standard InChI is InChI=1S/C26H18N4O4S/c1-15-18(9-5-11-22(15)30(32)33)24(31)29-26(35)27-17-12-13-23-21(14-17)28-25(34-23)20-10-4-7-16-6-2-3-8-19(16)20/h2-14H,1H3,(H2,27,29,31,35). The van der Waals surface area contributed by atoms with Crippen molar-refractivity contribution < 1.29 is 14.1 Å². The van der Waals surface area contributed by atoms with Gasteiger partial charge >= 0.3 is 0 Å². The molecule has 1 amide bonds. The van der Waals surface area contributed by atoms with E-state index in [-0.39, 0.29) is 21.9 Å². The summed E-state index contributed by atoms with van der Waals surface area (Å²) in [5, 5.41) is 18.9. The van der Waals surface area contributed by atoms with Crippen LogP contribution in [0.5, 0.6) is 0 Å². The molecule has 0 atom stereocenters. The molecule has 5 rings (SSSR count). The molecule has 4 aromatic carbocycles. The van der Waals surface area contributed by atoms with Crippen LogP contribution in [0.25, 0.3) is 33.3 Å². The lowest BCUT2D eigenvalue weighted by Gasteiger charge is -2.11. The van der Waals surface area contributed by atoms with Crippen LogP contribution in [0.1, 0.15) is 15.9 Å². The SMILES string of the molecule is Cc1c(C(=O)NC(=S)Nc2ccc3oc(-c4cccc5ccccc45)nc3c2)cccc1[N+](=O)[O-]. The van der Waals surface area contributed by atoms with Gasteiger partial charge in [-0.15, -0.1) is 0 Å². The third kappa shape index (κ3) is 4.32. The molecule has 0 aliphatic heterocycles. The molecule has 0 saturated carbocycles. The van der Waals surface area contributed by atoms with Gasteiger partial charge in [0, 0.05) is 28.4 Å². The summed E-state index contributed by atoms with van der Waals surface area (Å²) in [4.78, 5) is 27.9. The van der Waals surface area contributed by atoms with Gasteiger partial charge in [-0.1, -0.05) is 42.5 Å². The number of hydrogen-bond acceptors (Lipinski definition) is 6. The summed E-state index contributed by atoms with van der Waals surface area (Å²) in [6.07, 6.45) is 0. The summed E-state index contributed by atoms with van der Waals surface area (Å²) in [7, 11) is 0. The van der Waals surface area contributed by atoms with E-state index in [0.717, 1.165) is 16.3 Å². The summed E-state index contributed by atoms with van der Waals surface area (Å²) in [5.41, 5.74) is 3.05. The second-order valence-corrected chi connectivity index (χ2v) is 8.25. The molecule has 0 radical (unpaired) electrons. The first kappa shape index (κ1) is 22.2. The van der Waals surface area contributed by atoms with Crippen molar-refractivity contribution in [3.05, 3.63) is 100 Å². The number of nitrogens with one attached hydrogen (secondary N) is 2. The Morgan fingerprint density at radius 2 is 1.80 bits per heavy atom. The van der Waals surface area contributed by atoms with E-state index < -0.39 is 10.8 Å². The highest BCUT2D eigenvalue weighted by atomic mass is 32.1. The van der Waals surface area contributed by atoms with Crippen molar-refractivity contribution in [2.75, 3.05) is 5.32 Å². The number of nitrogens with zero attached hydrogens (tertiary/aromatic N) is 2. The third-order valence-electron chi connectivity index (χ3n) is 5.64. The van der Waals surface area contributed by atoms with Crippen LogP contribution in [0.15, 0.2) is 83.3 Å². The van der Waals surface area contributed by atoms with Gasteiger partial charge in [0.05, 0.1) is 4.92 Å². The minimum atomic E-state index is -0.538. The molecule has 8 nitrogen and oxygen atoms in total. The van der Waals surface area contributed by atoms with Gasteiger partial charge in [-0.25, -0.2) is 4.98 Å². The van der Waals surface area contributed by atoms with Crippen LogP contribution in [-0.2, 0) is 0 Å². The number of anilines is 1. The number of oxazole rings is 1. The molecule has 0 bridgehead atoms. The molecule has 1 aromatic heterocycles. The molecule has 0 unspecified atom stereocenters. The van der Waals surface area contributed by atoms with Crippen LogP contribution in [0.4, 0.5) is 11.4 Å². The number of nitro benzene ring substituents is 1. The second kappa shape index (κ2) is 8.96. The Labute approximate surface area is 204 Å². The maximum absolute atomic E-state index is 12.6. The average molecular weight is 483 g/mol. The Kier molecular flexibility index (Phi) is 5.68. The number of carbonyl (C=O) groups excluding carboxylic acids is 1. The maximum Gasteiger partial charge on any atom is 0.273 e. The molecular formula is C26H18N4O4S. The van der Waals surface area contributed by atoms with Crippen molar-refractivity contribution in [3.63, 3.8) is 0 Å². The van der Waals surface area contributed by atoms with E-state index in [9.17, 15) is 14.9 Å². The monoisotopic (exact) mass is 482 g/mol. The van der Waals surface area contributed by atoms with E-state index >= 15 is 0 Å². The van der Waals surface area contributed by atoms with Crippen molar-refractivity contribution >= 4 is 56.5 Å². The first-order valence-electron chi connectivity index (χ1n) is 10.7. The predicted molar refractivity (Wildman–Crippen MR) is 138 cm³/mol. The van der Waals surface area contributed by atoms with Crippen LogP contribution in [0, 0.1) is 17.0 Å². The van der Waals surface area contributed by atoms with Gasteiger partial charge in [-0.2, -0.15) is 0 Å². The number of aromatic nitrogens is 1. The first-order valence-corrected chi connectivity index (χ1v) is 11.1. The number of hydrogen-bond donors (Lipinski definition) is 2. The van der Waals surface area contributed by atoms with Gasteiger partial charge in [-0.05, 0) is 60.2 Å². The van der Waals surface area contributed by atoms with Crippen molar-refractivity contribution in [2.24, 2.45) is 0 Å². The van der Waals surface area contributed by atoms with Crippen molar-refractivity contribution in [3.8, 4) is 11.5 Å². The number of thiocarbonyl (C=S) groups is 1. The average Bonchev–Trinajstić information content (AvgIpc) is 3.26. The van der Waals surface area contributed by atoms with E-state index in [2.05, 4.69) is 15.6 Å². The number of rotatable bonds is 4. The molecular weight excluding hydrogens is 464 g/mol. The van der Waals surface area contributed by atoms with Crippen LogP contribution in [-0.4, -0.2) is 20.9 Å². The Morgan fingerprint density at radius 3 is 2.63 bits per heavy atom. The minimum absolute atomic E-state index is 0.0537. The molecule has 0 spiro atoms. The van der Waals surface area contributed by atoms with Crippen LogP contribution in [0.3, 0.4) is 0 Å². The molecule has 0 saturated heterocycles. The Bertz CT molecular complexity index is 1640. The largest absolute Gasteiger partial charge is 0.436 e. The summed E-state index contributed by atoms with van der Waals surface area (Å²) in [5.74, 6) is -0.0320. The Balaban J connectivity index is 1.36. The number of fused-ring (bicyclic) bond motifs is 2. The van der Waals surface area contributed by atoms with E-state index in [1.54, 1.807) is 18.2 Å². The van der Waals surface area contributed by atoms with Gasteiger partial charge in [0.15, 0.2) is 10.7 Å². The lowest BCUT2D eigenvalue weighted by atomic mass is 10.0. The van der Waals surface area contributed by atoms with E-state index in [4.69, 9.17) is 16.6 Å². The van der Waals surface area contributed by atoms with Gasteiger partial charge in [0.1, 0.15) is 5.52 Å². The predicted octanol–water partition coefficient (Wildman–Crippen LogP) is 5.99. The van der Waals surface area contributed by atoms with Crippen molar-refractivity contribution in [1.29, 1.82) is 0 Å². The normalized spacial score (nSPS) is 10.9. The van der Waals surface area contributed by atoms with Crippen molar-refractivity contribution in [1.82, 2.24) is 10.3 Å². The van der Waals surface area contributed by atoms with Gasteiger partial charge < -0.3 is 9.73 Å². The van der Waals surface area contributed by atoms with E-state index in [0.29, 0.717) is 22.7 Å². The van der Waals surface area contributed by atoms with Gasteiger partial charge in [0.2, 0.25) is 5.89 Å². The molecule has 0 aliphatic rings. The highest BCUT2D eigenvalue weighted by Crippen LogP contribution is 2.31. The molecule has 2 N–H and O–H groups in total. The lowest BCUT2D eigenvalue weighted by Crippen LogP contribution is -2.34. The summed E-state index contributed by atoms with van der Waals surface area (Å²) >= 11 is 5.28. The van der Waals surface area contributed by atoms with E-state index in [1.807, 2.05) is 42.5 Å². The molecule has 0 fully saturated rings. The molecule has 35 heavy (non-hydrogen) atoms. The number of benzene rings is 4. The molecule has 172 valence electrons. The van der Waals surface area contributed by atoms with E-state index in [1.165, 1.54) is 25.1 Å². The summed E-state index contributed by atoms with van der Waals surface area (Å²) < 4.78 is 5.99. The van der Waals surface area contributed by atoms with Gasteiger partial charge in [0.25, 0.3) is 11.6 Å². The maximum atomic E-state index is 12.6. The molecule has 9 heteroatoms. The topological polar surface area (TPSA) is 110 Å². The quantitative estimate of drug-likeness (QED) is 0.184. The summed E-state index contributed by atoms with van der Waals surface area (Å²) in [6, 6.07) is 23.6. The highest BCUT2D eigenvalue weighted by Gasteiger charge is 2.19. The fourth-order valence-corrected chi connectivity index (χ4v) is 4.14. The zero-order chi connectivity index (χ0) is 24.5. The smallest absolute Gasteiger partial charge is 0.273 e. The lowest BCUT2D eigenvalue weighted by molar-refractivity contribution is -0.385. The van der Waals surface area contributed by atoms with Crippen LogP contribution in [0.2, 0.25) is 0 Å². The number of nitro groups is 1. The second-order valence-electron chi connectivity index (χ2n) is 7.84. The van der Waals surface area contributed by atoms with Crippen LogP contribution >= 0.6 is 12.2 Å². The Hall–Kier alpha value is -4.63. The number of carbonyl (C=O) groups is 1. The molecule has 1 heterocycles. The fourth-order valence-electron chi connectivity index (χ4n) is 3.93. The highest BCUT2D eigenvalue weighted by molar-refractivity contribution is 7.80. The Morgan fingerprint density at radius 1 is 1.03 bits per heavy atom. The first-order chi connectivity index (χ1) is 16.9.